The predicted octanol–water partition coefficient (Wildman–Crippen LogP) is 4.55. The van der Waals surface area contributed by atoms with Crippen molar-refractivity contribution in [1.29, 1.82) is 0 Å². The quantitative estimate of drug-likeness (QED) is 0.228. The Kier molecular flexibility index (Phi) is 7.95. The molecule has 1 saturated heterocycles. The first-order valence-electron chi connectivity index (χ1n) is 11.2. The Morgan fingerprint density at radius 1 is 1.00 bits per heavy atom. The fraction of sp³-hybridized carbons (Fsp3) is 0.185. The van der Waals surface area contributed by atoms with Crippen molar-refractivity contribution >= 4 is 46.1 Å². The number of amidine groups is 1. The molecule has 0 bridgehead atoms. The molecule has 1 unspecified atom stereocenters. The molecule has 0 aromatic heterocycles. The second-order valence-corrected chi connectivity index (χ2v) is 9.02. The monoisotopic (exact) mass is 487 g/mol. The summed E-state index contributed by atoms with van der Waals surface area (Å²) >= 11 is 1.26. The van der Waals surface area contributed by atoms with Crippen molar-refractivity contribution in [1.82, 2.24) is 0 Å². The number of methoxy groups -OCH3 is 1. The van der Waals surface area contributed by atoms with Crippen LogP contribution >= 0.6 is 11.8 Å². The van der Waals surface area contributed by atoms with E-state index in [9.17, 15) is 14.4 Å². The second-order valence-electron chi connectivity index (χ2n) is 7.83. The van der Waals surface area contributed by atoms with Crippen LogP contribution in [0, 0.1) is 0 Å². The van der Waals surface area contributed by atoms with E-state index >= 15 is 0 Å². The Morgan fingerprint density at radius 2 is 1.66 bits per heavy atom. The van der Waals surface area contributed by atoms with Gasteiger partial charge in [0.1, 0.15) is 5.25 Å². The van der Waals surface area contributed by atoms with Crippen molar-refractivity contribution in [2.24, 2.45) is 4.99 Å². The number of imide groups is 1. The lowest BCUT2D eigenvalue weighted by Gasteiger charge is -2.16. The molecule has 0 radical (unpaired) electrons. The number of carbonyl (C=O) groups is 3. The van der Waals surface area contributed by atoms with Gasteiger partial charge in [0.05, 0.1) is 18.4 Å². The molecule has 0 saturated carbocycles. The Balaban J connectivity index is 1.48. The average Bonchev–Trinajstić information content (AvgIpc) is 3.17. The van der Waals surface area contributed by atoms with Gasteiger partial charge in [-0.2, -0.15) is 0 Å². The van der Waals surface area contributed by atoms with Gasteiger partial charge in [-0.3, -0.25) is 14.6 Å². The molecule has 1 N–H and O–H groups in total. The third kappa shape index (κ3) is 6.16. The van der Waals surface area contributed by atoms with Crippen LogP contribution in [-0.2, 0) is 20.7 Å². The van der Waals surface area contributed by atoms with E-state index in [0.29, 0.717) is 23.0 Å². The maximum Gasteiger partial charge on any atom is 0.337 e. The number of aliphatic imine (C=N–C) groups is 1. The van der Waals surface area contributed by atoms with E-state index in [0.717, 1.165) is 12.1 Å². The van der Waals surface area contributed by atoms with Gasteiger partial charge in [0.25, 0.3) is 0 Å². The summed E-state index contributed by atoms with van der Waals surface area (Å²) in [5, 5.41) is 3.27. The number of hydrogen-bond acceptors (Lipinski definition) is 6. The van der Waals surface area contributed by atoms with Crippen LogP contribution in [0.5, 0.6) is 0 Å². The van der Waals surface area contributed by atoms with Crippen LogP contribution in [0.25, 0.3) is 0 Å². The van der Waals surface area contributed by atoms with Crippen molar-refractivity contribution < 1.29 is 19.1 Å². The summed E-state index contributed by atoms with van der Waals surface area (Å²) in [5.74, 6) is -1.08. The van der Waals surface area contributed by atoms with E-state index in [1.807, 2.05) is 48.5 Å². The number of amides is 2. The largest absolute Gasteiger partial charge is 0.465 e. The van der Waals surface area contributed by atoms with Gasteiger partial charge >= 0.3 is 5.97 Å². The Labute approximate surface area is 208 Å². The summed E-state index contributed by atoms with van der Waals surface area (Å²) in [6.45, 7) is 0.541. The Bertz CT molecular complexity index is 1210. The maximum atomic E-state index is 13.2. The van der Waals surface area contributed by atoms with Gasteiger partial charge in [0, 0.05) is 18.7 Å². The molecule has 0 spiro atoms. The molecule has 35 heavy (non-hydrogen) atoms. The lowest BCUT2D eigenvalue weighted by Crippen LogP contribution is -2.31. The lowest BCUT2D eigenvalue weighted by molar-refractivity contribution is -0.121. The van der Waals surface area contributed by atoms with Gasteiger partial charge in [-0.05, 0) is 48.4 Å². The van der Waals surface area contributed by atoms with Gasteiger partial charge in [-0.15, -0.1) is 0 Å². The number of nitrogens with zero attached hydrogens (tertiary/aromatic N) is 2. The molecule has 3 aromatic carbocycles. The minimum atomic E-state index is -0.602. The van der Waals surface area contributed by atoms with Gasteiger partial charge in [0.15, 0.2) is 5.17 Å². The second kappa shape index (κ2) is 11.5. The van der Waals surface area contributed by atoms with Gasteiger partial charge < -0.3 is 10.1 Å². The highest BCUT2D eigenvalue weighted by Crippen LogP contribution is 2.31. The highest BCUT2D eigenvalue weighted by atomic mass is 32.2. The van der Waals surface area contributed by atoms with Crippen LogP contribution in [0.15, 0.2) is 89.9 Å². The van der Waals surface area contributed by atoms with E-state index in [4.69, 9.17) is 9.73 Å². The number of ether oxygens (including phenoxy) is 1. The van der Waals surface area contributed by atoms with Crippen LogP contribution in [0.4, 0.5) is 11.4 Å². The third-order valence-corrected chi connectivity index (χ3v) is 6.54. The Hall–Kier alpha value is -3.91. The summed E-state index contributed by atoms with van der Waals surface area (Å²) < 4.78 is 4.70. The summed E-state index contributed by atoms with van der Waals surface area (Å²) in [5.41, 5.74) is 2.80. The van der Waals surface area contributed by atoms with Crippen molar-refractivity contribution in [3.8, 4) is 0 Å². The summed E-state index contributed by atoms with van der Waals surface area (Å²) in [7, 11) is 1.30. The number of anilines is 2. The fourth-order valence-corrected chi connectivity index (χ4v) is 4.69. The third-order valence-electron chi connectivity index (χ3n) is 5.43. The van der Waals surface area contributed by atoms with Crippen LogP contribution < -0.4 is 10.2 Å². The number of nitrogens with one attached hydrogen (secondary N) is 1. The number of rotatable bonds is 7. The molecule has 178 valence electrons. The molecule has 1 fully saturated rings. The van der Waals surface area contributed by atoms with E-state index in [1.54, 1.807) is 12.1 Å². The van der Waals surface area contributed by atoms with Crippen molar-refractivity contribution in [2.45, 2.75) is 18.1 Å². The minimum Gasteiger partial charge on any atom is -0.465 e. The van der Waals surface area contributed by atoms with Crippen LogP contribution in [0.1, 0.15) is 22.3 Å². The van der Waals surface area contributed by atoms with Crippen LogP contribution in [-0.4, -0.2) is 41.9 Å². The van der Waals surface area contributed by atoms with Gasteiger partial charge in [0.2, 0.25) is 11.8 Å². The number of carbonyl (C=O) groups excluding carboxylic acids is 3. The zero-order chi connectivity index (χ0) is 24.6. The summed E-state index contributed by atoms with van der Waals surface area (Å²) in [6.07, 6.45) is 0.827. The molecule has 1 aliphatic rings. The van der Waals surface area contributed by atoms with Crippen LogP contribution in [0.2, 0.25) is 0 Å². The minimum absolute atomic E-state index is 0.0659. The van der Waals surface area contributed by atoms with Gasteiger partial charge in [-0.1, -0.05) is 60.3 Å². The smallest absolute Gasteiger partial charge is 0.337 e. The number of para-hydroxylation sites is 1. The maximum absolute atomic E-state index is 13.2. The van der Waals surface area contributed by atoms with E-state index in [-0.39, 0.29) is 18.2 Å². The number of esters is 1. The molecule has 1 heterocycles. The summed E-state index contributed by atoms with van der Waals surface area (Å²) in [4.78, 5) is 43.5. The van der Waals surface area contributed by atoms with Gasteiger partial charge in [-0.25, -0.2) is 9.69 Å². The normalized spacial score (nSPS) is 15.9. The molecule has 2 amide bonds. The molecule has 4 rings (SSSR count). The molecule has 1 atom stereocenters. The van der Waals surface area contributed by atoms with E-state index in [1.165, 1.54) is 41.5 Å². The van der Waals surface area contributed by atoms with Crippen LogP contribution in [0.3, 0.4) is 0 Å². The number of thioether (sulfide) groups is 1. The zero-order valence-corrected chi connectivity index (χ0v) is 20.0. The average molecular weight is 488 g/mol. The molecule has 3 aromatic rings. The van der Waals surface area contributed by atoms with Crippen molar-refractivity contribution in [3.05, 3.63) is 96.1 Å². The molecule has 7 nitrogen and oxygen atoms in total. The fourth-order valence-electron chi connectivity index (χ4n) is 3.65. The first-order chi connectivity index (χ1) is 17.0. The lowest BCUT2D eigenvalue weighted by atomic mass is 10.2. The number of benzene rings is 3. The van der Waals surface area contributed by atoms with E-state index in [2.05, 4.69) is 17.4 Å². The Morgan fingerprint density at radius 3 is 2.31 bits per heavy atom. The first kappa shape index (κ1) is 24.2. The SMILES string of the molecule is COC(=O)c1ccc(N2C(=O)CC(SC(=NCCc3ccccc3)Nc3ccccc3)C2=O)cc1. The summed E-state index contributed by atoms with van der Waals surface area (Å²) in [6, 6.07) is 25.9. The molecule has 8 heteroatoms. The number of hydrogen-bond donors (Lipinski definition) is 1. The molecular weight excluding hydrogens is 462 g/mol. The van der Waals surface area contributed by atoms with Crippen molar-refractivity contribution in [2.75, 3.05) is 23.9 Å². The topological polar surface area (TPSA) is 88.1 Å². The van der Waals surface area contributed by atoms with E-state index < -0.39 is 11.2 Å². The molecule has 0 aliphatic carbocycles. The molecule has 1 aliphatic heterocycles. The highest BCUT2D eigenvalue weighted by molar-refractivity contribution is 8.15. The predicted molar refractivity (Wildman–Crippen MR) is 139 cm³/mol. The van der Waals surface area contributed by atoms with Crippen molar-refractivity contribution in [3.63, 3.8) is 0 Å². The molecular formula is C27H25N3O4S. The highest BCUT2D eigenvalue weighted by Gasteiger charge is 2.40. The standard InChI is InChI=1S/C27H25N3O4S/c1-34-26(33)20-12-14-22(15-13-20)30-24(31)18-23(25(30)32)35-27(29-21-10-6-3-7-11-21)28-17-16-19-8-4-2-5-9-19/h2-15,23H,16-18H2,1H3,(H,28,29). The zero-order valence-electron chi connectivity index (χ0n) is 19.2. The first-order valence-corrected chi connectivity index (χ1v) is 12.1.